The van der Waals surface area contributed by atoms with Crippen molar-refractivity contribution in [2.75, 3.05) is 26.2 Å². The standard InChI is InChI=1S/C15H22ClN3O/c1-3-19(4-2)12-11-18-15(20)17-10-9-13-5-7-14(16)8-6-13/h5-10H,3-4,11-12H2,1-2H3,(H2,17,18,20)/b10-9+. The molecule has 0 atom stereocenters. The molecule has 0 aromatic heterocycles. The van der Waals surface area contributed by atoms with Gasteiger partial charge in [0.1, 0.15) is 0 Å². The fourth-order valence-electron chi connectivity index (χ4n) is 1.71. The molecule has 0 aliphatic rings. The molecule has 1 rings (SSSR count). The predicted octanol–water partition coefficient (Wildman–Crippen LogP) is 2.95. The van der Waals surface area contributed by atoms with E-state index in [2.05, 4.69) is 29.4 Å². The summed E-state index contributed by atoms with van der Waals surface area (Å²) in [6.45, 7) is 7.72. The van der Waals surface area contributed by atoms with Crippen LogP contribution in [0.5, 0.6) is 0 Å². The molecule has 0 aliphatic heterocycles. The van der Waals surface area contributed by atoms with Gasteiger partial charge < -0.3 is 15.5 Å². The third kappa shape index (κ3) is 6.59. The summed E-state index contributed by atoms with van der Waals surface area (Å²) >= 11 is 5.79. The van der Waals surface area contributed by atoms with E-state index in [1.165, 1.54) is 0 Å². The summed E-state index contributed by atoms with van der Waals surface area (Å²) in [5, 5.41) is 6.18. The van der Waals surface area contributed by atoms with E-state index in [1.807, 2.05) is 30.3 Å². The highest BCUT2D eigenvalue weighted by atomic mass is 35.5. The number of hydrogen-bond acceptors (Lipinski definition) is 2. The van der Waals surface area contributed by atoms with Gasteiger partial charge in [-0.15, -0.1) is 0 Å². The highest BCUT2D eigenvalue weighted by Crippen LogP contribution is 2.10. The molecule has 0 fully saturated rings. The second-order valence-electron chi connectivity index (χ2n) is 4.31. The lowest BCUT2D eigenvalue weighted by atomic mass is 10.2. The zero-order chi connectivity index (χ0) is 14.8. The van der Waals surface area contributed by atoms with Crippen molar-refractivity contribution in [3.8, 4) is 0 Å². The first-order valence-corrected chi connectivity index (χ1v) is 7.22. The van der Waals surface area contributed by atoms with E-state index in [1.54, 1.807) is 6.20 Å². The van der Waals surface area contributed by atoms with Crippen LogP contribution < -0.4 is 10.6 Å². The molecule has 110 valence electrons. The van der Waals surface area contributed by atoms with Crippen molar-refractivity contribution in [1.82, 2.24) is 15.5 Å². The Morgan fingerprint density at radius 3 is 2.50 bits per heavy atom. The minimum absolute atomic E-state index is 0.192. The van der Waals surface area contributed by atoms with Crippen LogP contribution >= 0.6 is 11.6 Å². The third-order valence-electron chi connectivity index (χ3n) is 2.97. The molecule has 0 spiro atoms. The van der Waals surface area contributed by atoms with Gasteiger partial charge in [0.25, 0.3) is 0 Å². The SMILES string of the molecule is CCN(CC)CCNC(=O)N/C=C/c1ccc(Cl)cc1. The van der Waals surface area contributed by atoms with Crippen LogP contribution in [-0.4, -0.2) is 37.1 Å². The number of nitrogens with zero attached hydrogens (tertiary/aromatic N) is 1. The molecular weight excluding hydrogens is 274 g/mol. The quantitative estimate of drug-likeness (QED) is 0.812. The topological polar surface area (TPSA) is 44.4 Å². The Labute approximate surface area is 125 Å². The molecule has 0 unspecified atom stereocenters. The Kier molecular flexibility index (Phi) is 7.77. The van der Waals surface area contributed by atoms with Crippen molar-refractivity contribution >= 4 is 23.7 Å². The van der Waals surface area contributed by atoms with Gasteiger partial charge in [0, 0.05) is 24.3 Å². The third-order valence-corrected chi connectivity index (χ3v) is 3.22. The van der Waals surface area contributed by atoms with Gasteiger partial charge in [-0.25, -0.2) is 4.79 Å². The van der Waals surface area contributed by atoms with E-state index in [4.69, 9.17) is 11.6 Å². The van der Waals surface area contributed by atoms with E-state index in [0.717, 1.165) is 25.2 Å². The lowest BCUT2D eigenvalue weighted by molar-refractivity contribution is 0.240. The Hall–Kier alpha value is -1.52. The number of halogens is 1. The van der Waals surface area contributed by atoms with E-state index in [9.17, 15) is 4.79 Å². The van der Waals surface area contributed by atoms with Crippen LogP contribution in [0.4, 0.5) is 4.79 Å². The van der Waals surface area contributed by atoms with Crippen molar-refractivity contribution in [2.24, 2.45) is 0 Å². The fraction of sp³-hybridized carbons (Fsp3) is 0.400. The molecule has 1 aromatic carbocycles. The largest absolute Gasteiger partial charge is 0.337 e. The number of carbonyl (C=O) groups is 1. The van der Waals surface area contributed by atoms with Crippen LogP contribution in [0.25, 0.3) is 6.08 Å². The maximum atomic E-state index is 11.5. The fourth-order valence-corrected chi connectivity index (χ4v) is 1.83. The van der Waals surface area contributed by atoms with Gasteiger partial charge in [0.15, 0.2) is 0 Å². The monoisotopic (exact) mass is 295 g/mol. The molecule has 0 radical (unpaired) electrons. The van der Waals surface area contributed by atoms with E-state index >= 15 is 0 Å². The number of carbonyl (C=O) groups excluding carboxylic acids is 1. The first kappa shape index (κ1) is 16.5. The highest BCUT2D eigenvalue weighted by Gasteiger charge is 2.00. The van der Waals surface area contributed by atoms with Crippen molar-refractivity contribution in [1.29, 1.82) is 0 Å². The second kappa shape index (κ2) is 9.39. The van der Waals surface area contributed by atoms with Crippen LogP contribution in [-0.2, 0) is 0 Å². The molecule has 0 heterocycles. The molecule has 4 nitrogen and oxygen atoms in total. The summed E-state index contributed by atoms with van der Waals surface area (Å²) in [4.78, 5) is 13.8. The molecule has 20 heavy (non-hydrogen) atoms. The molecular formula is C15H22ClN3O. The Balaban J connectivity index is 2.24. The van der Waals surface area contributed by atoms with Gasteiger partial charge >= 0.3 is 6.03 Å². The van der Waals surface area contributed by atoms with Crippen LogP contribution in [0.2, 0.25) is 5.02 Å². The summed E-state index contributed by atoms with van der Waals surface area (Å²) in [5.41, 5.74) is 0.984. The van der Waals surface area contributed by atoms with Crippen LogP contribution in [0, 0.1) is 0 Å². The molecule has 0 bridgehead atoms. The van der Waals surface area contributed by atoms with Crippen LogP contribution in [0.3, 0.4) is 0 Å². The summed E-state index contributed by atoms with van der Waals surface area (Å²) in [6, 6.07) is 7.20. The number of rotatable bonds is 7. The first-order valence-electron chi connectivity index (χ1n) is 6.84. The average molecular weight is 296 g/mol. The summed E-state index contributed by atoms with van der Waals surface area (Å²) in [7, 11) is 0. The lowest BCUT2D eigenvalue weighted by Gasteiger charge is -2.17. The maximum absolute atomic E-state index is 11.5. The van der Waals surface area contributed by atoms with Crippen molar-refractivity contribution < 1.29 is 4.79 Å². The van der Waals surface area contributed by atoms with Gasteiger partial charge in [0.05, 0.1) is 0 Å². The van der Waals surface area contributed by atoms with E-state index in [0.29, 0.717) is 11.6 Å². The number of hydrogen-bond donors (Lipinski definition) is 2. The molecule has 5 heteroatoms. The summed E-state index contributed by atoms with van der Waals surface area (Å²) in [5.74, 6) is 0. The first-order chi connectivity index (χ1) is 9.65. The minimum Gasteiger partial charge on any atom is -0.337 e. The number of likely N-dealkylation sites (N-methyl/N-ethyl adjacent to an activating group) is 1. The second-order valence-corrected chi connectivity index (χ2v) is 4.75. The van der Waals surface area contributed by atoms with Crippen LogP contribution in [0.1, 0.15) is 19.4 Å². The summed E-state index contributed by atoms with van der Waals surface area (Å²) < 4.78 is 0. The minimum atomic E-state index is -0.192. The van der Waals surface area contributed by atoms with Gasteiger partial charge in [-0.1, -0.05) is 37.6 Å². The molecule has 2 amide bonds. The van der Waals surface area contributed by atoms with Crippen molar-refractivity contribution in [3.05, 3.63) is 41.1 Å². The Morgan fingerprint density at radius 2 is 1.90 bits per heavy atom. The normalized spacial score (nSPS) is 11.0. The van der Waals surface area contributed by atoms with Crippen molar-refractivity contribution in [3.63, 3.8) is 0 Å². The molecule has 1 aromatic rings. The molecule has 0 aliphatic carbocycles. The predicted molar refractivity (Wildman–Crippen MR) is 84.8 cm³/mol. The average Bonchev–Trinajstić information content (AvgIpc) is 2.46. The number of nitrogens with one attached hydrogen (secondary N) is 2. The van der Waals surface area contributed by atoms with E-state index < -0.39 is 0 Å². The molecule has 0 saturated heterocycles. The lowest BCUT2D eigenvalue weighted by Crippen LogP contribution is -2.38. The Bertz CT molecular complexity index is 427. The smallest absolute Gasteiger partial charge is 0.318 e. The van der Waals surface area contributed by atoms with E-state index in [-0.39, 0.29) is 6.03 Å². The van der Waals surface area contributed by atoms with Gasteiger partial charge in [0.2, 0.25) is 0 Å². The zero-order valence-electron chi connectivity index (χ0n) is 12.0. The maximum Gasteiger partial charge on any atom is 0.318 e. The van der Waals surface area contributed by atoms with Gasteiger partial charge in [-0.3, -0.25) is 0 Å². The van der Waals surface area contributed by atoms with Crippen LogP contribution in [0.15, 0.2) is 30.5 Å². The molecule has 0 saturated carbocycles. The molecule has 2 N–H and O–H groups in total. The number of urea groups is 1. The number of benzene rings is 1. The van der Waals surface area contributed by atoms with Crippen molar-refractivity contribution in [2.45, 2.75) is 13.8 Å². The zero-order valence-corrected chi connectivity index (χ0v) is 12.8. The number of amides is 2. The van der Waals surface area contributed by atoms with Gasteiger partial charge in [-0.05, 0) is 36.9 Å². The summed E-state index contributed by atoms with van der Waals surface area (Å²) in [6.07, 6.45) is 3.44. The van der Waals surface area contributed by atoms with Gasteiger partial charge in [-0.2, -0.15) is 0 Å². The Morgan fingerprint density at radius 1 is 1.25 bits per heavy atom. The highest BCUT2D eigenvalue weighted by molar-refractivity contribution is 6.30.